The number of allylic oxidation sites excluding steroid dienone is 1. The number of aliphatic hydroxyl groups excluding tert-OH is 13. The molecule has 5 aliphatic heterocycles. The molecule has 0 aromatic heterocycles. The summed E-state index contributed by atoms with van der Waals surface area (Å²) in [6, 6.07) is 0. The zero-order chi connectivity index (χ0) is 66.2. The van der Waals surface area contributed by atoms with Gasteiger partial charge in [0.1, 0.15) is 103 Å². The van der Waals surface area contributed by atoms with E-state index in [1.165, 1.54) is 6.92 Å². The van der Waals surface area contributed by atoms with Crippen LogP contribution in [0.4, 0.5) is 0 Å². The van der Waals surface area contributed by atoms with Crippen molar-refractivity contribution in [2.75, 3.05) is 13.2 Å². The number of carboxylic acids is 1. The van der Waals surface area contributed by atoms with Gasteiger partial charge in [-0.15, -0.1) is 0 Å². The van der Waals surface area contributed by atoms with Gasteiger partial charge in [0.05, 0.1) is 37.1 Å². The SMILES string of the molecule is C/C=C(\C)C(=O)O[C@@H]1[C@@H](O)C(C)(C)C[C@H]2[C@@]13[C@@H](O)O[C@]21CC[C@H]2[C@]4(C)CC[C@@H](O[C@H]5O[C@H](C(=O)O)[C@@H](O)[C@@H](O[C@@H]6O[C@@H](CO)[C@H](O)[C@H](O)[C@H]6O[C@H]6O[C@@H](C)[C@@H](O)[C@@H](O)[C@H]6O)[C@@H]5O[C@@H]5O[C@@H](CO)[C@@H](O)[C@@H](O)[C@@H]5O)C(C)(C)[C@@H]4CC[C@@]2(C)[C@]1(C)C[C@H]3OC(=O)CC. The van der Waals surface area contributed by atoms with Crippen molar-refractivity contribution < 1.29 is 138 Å². The summed E-state index contributed by atoms with van der Waals surface area (Å²) in [6.45, 7) is 19.0. The highest BCUT2D eigenvalue weighted by Gasteiger charge is 2.86. The van der Waals surface area contributed by atoms with E-state index < -0.39 is 229 Å². The molecule has 14 N–H and O–H groups in total. The lowest BCUT2D eigenvalue weighted by Crippen LogP contribution is -2.77. The largest absolute Gasteiger partial charge is 0.479 e. The summed E-state index contributed by atoms with van der Waals surface area (Å²) in [6.07, 6.45) is -39.3. The van der Waals surface area contributed by atoms with Gasteiger partial charge in [-0.2, -0.15) is 0 Å². The van der Waals surface area contributed by atoms with Gasteiger partial charge in [-0.1, -0.05) is 61.5 Å². The lowest BCUT2D eigenvalue weighted by Gasteiger charge is -2.75. The molecule has 10 aliphatic rings. The third kappa shape index (κ3) is 10.7. The molecule has 90 heavy (non-hydrogen) atoms. The highest BCUT2D eigenvalue weighted by Crippen LogP contribution is 2.82. The normalized spacial score (nSPS) is 53.0. The van der Waals surface area contributed by atoms with Crippen LogP contribution in [0, 0.1) is 50.2 Å². The van der Waals surface area contributed by atoms with Gasteiger partial charge in [-0.25, -0.2) is 9.59 Å². The molecule has 10 fully saturated rings. The summed E-state index contributed by atoms with van der Waals surface area (Å²) >= 11 is 0. The predicted octanol–water partition coefficient (Wildman–Crippen LogP) is -1.49. The molecule has 514 valence electrons. The number of carbonyl (C=O) groups excluding carboxylic acids is 2. The van der Waals surface area contributed by atoms with Gasteiger partial charge < -0.3 is 124 Å². The first-order chi connectivity index (χ1) is 42.0. The van der Waals surface area contributed by atoms with Crippen LogP contribution in [0.25, 0.3) is 0 Å². The first-order valence-corrected chi connectivity index (χ1v) is 31.9. The number of hydrogen-bond donors (Lipinski definition) is 14. The van der Waals surface area contributed by atoms with Crippen molar-refractivity contribution in [2.45, 2.75) is 293 Å². The molecule has 0 aromatic carbocycles. The maximum Gasteiger partial charge on any atom is 0.335 e. The number of rotatable bonds is 15. The van der Waals surface area contributed by atoms with Crippen LogP contribution in [-0.4, -0.2) is 262 Å². The van der Waals surface area contributed by atoms with Crippen molar-refractivity contribution in [1.29, 1.82) is 0 Å². The Morgan fingerprint density at radius 1 is 0.578 bits per heavy atom. The van der Waals surface area contributed by atoms with Crippen molar-refractivity contribution in [1.82, 2.24) is 0 Å². The Morgan fingerprint density at radius 2 is 1.14 bits per heavy atom. The Balaban J connectivity index is 0.990. The van der Waals surface area contributed by atoms with E-state index >= 15 is 0 Å². The van der Waals surface area contributed by atoms with Crippen LogP contribution < -0.4 is 0 Å². The van der Waals surface area contributed by atoms with Crippen molar-refractivity contribution in [3.63, 3.8) is 0 Å². The molecule has 2 bridgehead atoms. The van der Waals surface area contributed by atoms with Crippen molar-refractivity contribution in [2.24, 2.45) is 50.2 Å². The van der Waals surface area contributed by atoms with E-state index in [4.69, 9.17) is 52.1 Å². The lowest BCUT2D eigenvalue weighted by molar-refractivity contribution is -0.406. The van der Waals surface area contributed by atoms with E-state index in [2.05, 4.69) is 20.8 Å². The third-order valence-electron chi connectivity index (χ3n) is 24.3. The number of carbonyl (C=O) groups is 3. The molecule has 0 amide bonds. The monoisotopic (exact) mass is 1290 g/mol. The molecule has 1 spiro atoms. The van der Waals surface area contributed by atoms with Gasteiger partial charge in [-0.3, -0.25) is 4.79 Å². The van der Waals surface area contributed by atoms with E-state index in [1.807, 2.05) is 27.7 Å². The second kappa shape index (κ2) is 25.0. The van der Waals surface area contributed by atoms with Crippen LogP contribution >= 0.6 is 0 Å². The highest BCUT2D eigenvalue weighted by atomic mass is 16.8. The van der Waals surface area contributed by atoms with Crippen molar-refractivity contribution in [3.05, 3.63) is 11.6 Å². The molecule has 33 atom stereocenters. The van der Waals surface area contributed by atoms with Crippen LogP contribution in [0.2, 0.25) is 0 Å². The molecule has 5 saturated heterocycles. The number of fused-ring (bicyclic) bond motifs is 4. The number of aliphatic carboxylic acids is 1. The summed E-state index contributed by atoms with van der Waals surface area (Å²) in [5.74, 6) is -3.77. The fourth-order valence-corrected chi connectivity index (χ4v) is 19.0. The molecular formula is C62H98O28. The molecule has 28 nitrogen and oxygen atoms in total. The highest BCUT2D eigenvalue weighted by molar-refractivity contribution is 5.87. The summed E-state index contributed by atoms with van der Waals surface area (Å²) in [4.78, 5) is 40.9. The number of hydrogen-bond acceptors (Lipinski definition) is 27. The average molecular weight is 1290 g/mol. The number of esters is 2. The second-order valence-corrected chi connectivity index (χ2v) is 29.4. The van der Waals surface area contributed by atoms with Gasteiger partial charge in [0.15, 0.2) is 37.6 Å². The number of aliphatic hydroxyl groups is 13. The minimum Gasteiger partial charge on any atom is -0.479 e. The first kappa shape index (κ1) is 70.1. The Morgan fingerprint density at radius 3 is 1.76 bits per heavy atom. The fourth-order valence-electron chi connectivity index (χ4n) is 19.0. The summed E-state index contributed by atoms with van der Waals surface area (Å²) < 4.78 is 69.3. The minimum absolute atomic E-state index is 0.00735. The standard InChI is InChI=1S/C62H98O28/c1-12-24(3)50(78)89-48-47(75)56(5,6)20-30-61-19-15-29-58(9)17-16-31(57(7,8)28(58)14-18-59(29,10)60(61,11)21-32(83-33(65)13-2)62(30,48)55(79)90-61)84-54-46(88-52-41(73)38(70)35(67)26(22-63)81-52)43(42(74)44(86-54)49(76)77)85-53-45(39(71)36(68)27(23-64)82-53)87-51-40(72)37(69)34(66)25(4)80-51/h12,25-32,34-48,51-55,63-64,66-75,79H,13-23H2,1-11H3,(H,76,77)/b24-12+/t25-,26-,27-,28-,29-,30+,31+,32+,34+,35+,36-,37+,38+,39-,40+,41-,42-,43+,44-,45+,46-,47+,48+,51+,52-,53-,54-,55-,58+,59+,60-,61+,62-/m0/s1. The smallest absolute Gasteiger partial charge is 0.335 e. The minimum atomic E-state index is -2.30. The zero-order valence-electron chi connectivity index (χ0n) is 53.0. The van der Waals surface area contributed by atoms with Gasteiger partial charge in [-0.05, 0) is 106 Å². The van der Waals surface area contributed by atoms with E-state index in [9.17, 15) is 85.9 Å². The summed E-state index contributed by atoms with van der Waals surface area (Å²) in [5, 5.41) is 157. The Kier molecular flexibility index (Phi) is 19.5. The van der Waals surface area contributed by atoms with Gasteiger partial charge in [0.25, 0.3) is 0 Å². The topological polar surface area (TPSA) is 436 Å². The van der Waals surface area contributed by atoms with Crippen LogP contribution in [0.3, 0.4) is 0 Å². The third-order valence-corrected chi connectivity index (χ3v) is 24.3. The molecule has 5 heterocycles. The van der Waals surface area contributed by atoms with E-state index in [-0.39, 0.29) is 31.1 Å². The average Bonchev–Trinajstić information content (AvgIpc) is 1.36. The molecule has 28 heteroatoms. The van der Waals surface area contributed by atoms with Crippen LogP contribution in [0.15, 0.2) is 11.6 Å². The molecule has 0 unspecified atom stereocenters. The molecule has 0 radical (unpaired) electrons. The zero-order valence-corrected chi connectivity index (χ0v) is 53.0. The molecule has 5 saturated carbocycles. The van der Waals surface area contributed by atoms with E-state index in [0.29, 0.717) is 44.1 Å². The molecular weight excluding hydrogens is 1190 g/mol. The lowest BCUT2D eigenvalue weighted by atomic mass is 9.30. The molecule has 10 rings (SSSR count). The van der Waals surface area contributed by atoms with Gasteiger partial charge in [0, 0.05) is 23.3 Å². The van der Waals surface area contributed by atoms with Crippen LogP contribution in [0.1, 0.15) is 134 Å². The van der Waals surface area contributed by atoms with Gasteiger partial charge >= 0.3 is 17.9 Å². The van der Waals surface area contributed by atoms with Crippen LogP contribution in [-0.2, 0) is 66.5 Å². The van der Waals surface area contributed by atoms with Crippen LogP contribution in [0.5, 0.6) is 0 Å². The molecule has 5 aliphatic carbocycles. The van der Waals surface area contributed by atoms with E-state index in [1.54, 1.807) is 26.8 Å². The number of carboxylic acid groups (broad SMARTS) is 1. The Hall–Kier alpha value is -2.73. The maximum atomic E-state index is 13.8. The molecule has 0 aromatic rings. The summed E-state index contributed by atoms with van der Waals surface area (Å²) in [7, 11) is 0. The van der Waals surface area contributed by atoms with E-state index in [0.717, 1.165) is 0 Å². The van der Waals surface area contributed by atoms with Gasteiger partial charge in [0.2, 0.25) is 0 Å². The fraction of sp³-hybridized carbons (Fsp3) is 0.919. The first-order valence-electron chi connectivity index (χ1n) is 31.9. The second-order valence-electron chi connectivity index (χ2n) is 29.4. The Labute approximate surface area is 522 Å². The maximum absolute atomic E-state index is 13.8. The van der Waals surface area contributed by atoms with Crippen molar-refractivity contribution >= 4 is 17.9 Å². The van der Waals surface area contributed by atoms with Crippen molar-refractivity contribution in [3.8, 4) is 0 Å². The Bertz CT molecular complexity index is 2640. The summed E-state index contributed by atoms with van der Waals surface area (Å²) in [5.41, 5.74) is -5.99. The predicted molar refractivity (Wildman–Crippen MR) is 303 cm³/mol. The quantitative estimate of drug-likeness (QED) is 0.0504. The number of ether oxygens (including phenoxy) is 11.